The van der Waals surface area contributed by atoms with Gasteiger partial charge in [0.2, 0.25) is 5.91 Å². The molecule has 0 saturated carbocycles. The van der Waals surface area contributed by atoms with E-state index in [1.54, 1.807) is 35.2 Å². The quantitative estimate of drug-likeness (QED) is 0.574. The normalized spacial score (nSPS) is 16.3. The van der Waals surface area contributed by atoms with Crippen molar-refractivity contribution in [3.63, 3.8) is 0 Å². The van der Waals surface area contributed by atoms with Gasteiger partial charge in [-0.2, -0.15) is 4.98 Å². The Morgan fingerprint density at radius 3 is 2.90 bits per heavy atom. The van der Waals surface area contributed by atoms with Gasteiger partial charge >= 0.3 is 0 Å². The van der Waals surface area contributed by atoms with Crippen LogP contribution in [0.5, 0.6) is 5.75 Å². The standard InChI is InChI=1S/C22H21F2N3O4/c23-16-5-3-6-17(13-16)29-10-8-21(28)27-9-11-30-19(14-27)22-25-20(26-31-22)12-15-4-1-2-7-18(15)24/h1-7,13,19H,8-12,14H2. The number of nitrogens with zero attached hydrogens (tertiary/aromatic N) is 3. The molecule has 1 amide bonds. The molecule has 31 heavy (non-hydrogen) atoms. The first-order valence-corrected chi connectivity index (χ1v) is 9.92. The molecule has 162 valence electrons. The van der Waals surface area contributed by atoms with E-state index in [-0.39, 0.29) is 43.6 Å². The van der Waals surface area contributed by atoms with Crippen LogP contribution in [-0.2, 0) is 16.0 Å². The minimum Gasteiger partial charge on any atom is -0.493 e. The molecular formula is C22H21F2N3O4. The van der Waals surface area contributed by atoms with Gasteiger partial charge in [-0.05, 0) is 23.8 Å². The Bertz CT molecular complexity index is 1040. The van der Waals surface area contributed by atoms with E-state index < -0.39 is 11.9 Å². The van der Waals surface area contributed by atoms with E-state index in [9.17, 15) is 13.6 Å². The lowest BCUT2D eigenvalue weighted by atomic mass is 10.1. The van der Waals surface area contributed by atoms with Gasteiger partial charge in [-0.15, -0.1) is 0 Å². The van der Waals surface area contributed by atoms with Crippen molar-refractivity contribution in [1.29, 1.82) is 0 Å². The molecule has 0 spiro atoms. The summed E-state index contributed by atoms with van der Waals surface area (Å²) in [4.78, 5) is 18.5. The first-order valence-electron chi connectivity index (χ1n) is 9.92. The van der Waals surface area contributed by atoms with Crippen LogP contribution < -0.4 is 4.74 Å². The molecule has 7 nitrogen and oxygen atoms in total. The molecule has 1 aliphatic rings. The highest BCUT2D eigenvalue weighted by Gasteiger charge is 2.29. The zero-order valence-corrected chi connectivity index (χ0v) is 16.7. The molecule has 1 saturated heterocycles. The van der Waals surface area contributed by atoms with Crippen molar-refractivity contribution in [2.24, 2.45) is 0 Å². The smallest absolute Gasteiger partial charge is 0.257 e. The highest BCUT2D eigenvalue weighted by molar-refractivity contribution is 5.76. The van der Waals surface area contributed by atoms with E-state index in [4.69, 9.17) is 14.0 Å². The maximum atomic E-state index is 13.8. The summed E-state index contributed by atoms with van der Waals surface area (Å²) >= 11 is 0. The van der Waals surface area contributed by atoms with E-state index in [2.05, 4.69) is 10.1 Å². The molecule has 1 aliphatic heterocycles. The lowest BCUT2D eigenvalue weighted by Gasteiger charge is -2.31. The van der Waals surface area contributed by atoms with Crippen LogP contribution in [0.25, 0.3) is 0 Å². The average Bonchev–Trinajstić information content (AvgIpc) is 3.24. The minimum atomic E-state index is -0.552. The summed E-state index contributed by atoms with van der Waals surface area (Å²) in [7, 11) is 0. The molecule has 0 aliphatic carbocycles. The first-order chi connectivity index (χ1) is 15.1. The highest BCUT2D eigenvalue weighted by atomic mass is 19.1. The molecule has 9 heteroatoms. The summed E-state index contributed by atoms with van der Waals surface area (Å²) in [5.74, 6) is 0.126. The number of carbonyl (C=O) groups is 1. The Hall–Kier alpha value is -3.33. The fraction of sp³-hybridized carbons (Fsp3) is 0.318. The molecule has 1 fully saturated rings. The van der Waals surface area contributed by atoms with E-state index in [0.29, 0.717) is 30.3 Å². The zero-order valence-electron chi connectivity index (χ0n) is 16.7. The minimum absolute atomic E-state index is 0.115. The summed E-state index contributed by atoms with van der Waals surface area (Å²) in [6, 6.07) is 12.2. The highest BCUT2D eigenvalue weighted by Crippen LogP contribution is 2.22. The van der Waals surface area contributed by atoms with Gasteiger partial charge in [0.05, 0.1) is 26.2 Å². The van der Waals surface area contributed by atoms with E-state index in [0.717, 1.165) is 0 Å². The molecule has 4 rings (SSSR count). The van der Waals surface area contributed by atoms with Crippen LogP contribution in [0.4, 0.5) is 8.78 Å². The van der Waals surface area contributed by atoms with E-state index in [1.807, 2.05) is 0 Å². The molecule has 0 N–H and O–H groups in total. The molecular weight excluding hydrogens is 408 g/mol. The van der Waals surface area contributed by atoms with Crippen LogP contribution in [0.3, 0.4) is 0 Å². The first kappa shape index (κ1) is 20.9. The second kappa shape index (κ2) is 9.65. The SMILES string of the molecule is O=C(CCOc1cccc(F)c1)N1CCOC(c2nc(Cc3ccccc3F)no2)C1. The number of amides is 1. The molecule has 3 aromatic rings. The van der Waals surface area contributed by atoms with Crippen LogP contribution in [0, 0.1) is 11.6 Å². The van der Waals surface area contributed by atoms with Crippen molar-refractivity contribution in [3.05, 3.63) is 77.4 Å². The van der Waals surface area contributed by atoms with Gasteiger partial charge < -0.3 is 18.9 Å². The Morgan fingerprint density at radius 1 is 1.19 bits per heavy atom. The van der Waals surface area contributed by atoms with Gasteiger partial charge in [0.25, 0.3) is 5.89 Å². The predicted octanol–water partition coefficient (Wildman–Crippen LogP) is 3.31. The Labute approximate surface area is 177 Å². The van der Waals surface area contributed by atoms with Crippen LogP contribution in [0.15, 0.2) is 53.1 Å². The van der Waals surface area contributed by atoms with Gasteiger partial charge in [0, 0.05) is 19.0 Å². The van der Waals surface area contributed by atoms with Gasteiger partial charge in [0.15, 0.2) is 11.9 Å². The predicted molar refractivity (Wildman–Crippen MR) is 105 cm³/mol. The second-order valence-electron chi connectivity index (χ2n) is 7.07. The molecule has 2 aromatic carbocycles. The molecule has 2 heterocycles. The summed E-state index contributed by atoms with van der Waals surface area (Å²) in [6.07, 6.45) is -0.210. The number of ether oxygens (including phenoxy) is 2. The Kier molecular flexibility index (Phi) is 6.51. The number of halogens is 2. The molecule has 1 aromatic heterocycles. The number of benzene rings is 2. The summed E-state index contributed by atoms with van der Waals surface area (Å²) in [5, 5.41) is 3.90. The molecule has 0 radical (unpaired) electrons. The third kappa shape index (κ3) is 5.43. The lowest BCUT2D eigenvalue weighted by molar-refractivity contribution is -0.140. The third-order valence-corrected chi connectivity index (χ3v) is 4.87. The molecule has 1 atom stereocenters. The maximum absolute atomic E-state index is 13.8. The topological polar surface area (TPSA) is 77.7 Å². The summed E-state index contributed by atoms with van der Waals surface area (Å²) < 4.78 is 43.4. The van der Waals surface area contributed by atoms with Gasteiger partial charge in [-0.25, -0.2) is 8.78 Å². The number of hydrogen-bond donors (Lipinski definition) is 0. The summed E-state index contributed by atoms with van der Waals surface area (Å²) in [6.45, 7) is 1.16. The van der Waals surface area contributed by atoms with Crippen molar-refractivity contribution in [1.82, 2.24) is 15.0 Å². The number of carbonyl (C=O) groups excluding carboxylic acids is 1. The number of hydrogen-bond acceptors (Lipinski definition) is 6. The maximum Gasteiger partial charge on any atom is 0.257 e. The van der Waals surface area contributed by atoms with Crippen molar-refractivity contribution >= 4 is 5.91 Å². The molecule has 1 unspecified atom stereocenters. The van der Waals surface area contributed by atoms with E-state index >= 15 is 0 Å². The van der Waals surface area contributed by atoms with Crippen molar-refractivity contribution in [2.45, 2.75) is 18.9 Å². The fourth-order valence-electron chi connectivity index (χ4n) is 3.28. The lowest BCUT2D eigenvalue weighted by Crippen LogP contribution is -2.42. The van der Waals surface area contributed by atoms with Gasteiger partial charge in [0.1, 0.15) is 17.4 Å². The second-order valence-corrected chi connectivity index (χ2v) is 7.07. The zero-order chi connectivity index (χ0) is 21.6. The average molecular weight is 429 g/mol. The largest absolute Gasteiger partial charge is 0.493 e. The van der Waals surface area contributed by atoms with Crippen LogP contribution in [0.2, 0.25) is 0 Å². The molecule has 0 bridgehead atoms. The Morgan fingerprint density at radius 2 is 2.06 bits per heavy atom. The van der Waals surface area contributed by atoms with Crippen molar-refractivity contribution < 1.29 is 27.6 Å². The van der Waals surface area contributed by atoms with Crippen LogP contribution >= 0.6 is 0 Å². The van der Waals surface area contributed by atoms with Crippen molar-refractivity contribution in [3.8, 4) is 5.75 Å². The van der Waals surface area contributed by atoms with Crippen LogP contribution in [-0.4, -0.2) is 47.3 Å². The number of aromatic nitrogens is 2. The summed E-state index contributed by atoms with van der Waals surface area (Å²) in [5.41, 5.74) is 0.467. The van der Waals surface area contributed by atoms with E-state index in [1.165, 1.54) is 18.2 Å². The number of morpholine rings is 1. The Balaban J connectivity index is 1.30. The van der Waals surface area contributed by atoms with Gasteiger partial charge in [-0.3, -0.25) is 4.79 Å². The van der Waals surface area contributed by atoms with Gasteiger partial charge in [-0.1, -0.05) is 29.4 Å². The number of rotatable bonds is 7. The van der Waals surface area contributed by atoms with Crippen LogP contribution in [0.1, 0.15) is 29.8 Å². The third-order valence-electron chi connectivity index (χ3n) is 4.87. The van der Waals surface area contributed by atoms with Crippen molar-refractivity contribution in [2.75, 3.05) is 26.3 Å². The fourth-order valence-corrected chi connectivity index (χ4v) is 3.28. The monoisotopic (exact) mass is 429 g/mol.